The smallest absolute Gasteiger partial charge is 0.250 e. The van der Waals surface area contributed by atoms with E-state index in [0.29, 0.717) is 12.3 Å². The maximum Gasteiger partial charge on any atom is 0.250 e. The van der Waals surface area contributed by atoms with Crippen LogP contribution in [0.5, 0.6) is 0 Å². The van der Waals surface area contributed by atoms with E-state index in [0.717, 1.165) is 0 Å². The van der Waals surface area contributed by atoms with E-state index >= 15 is 0 Å². The number of amides is 2. The van der Waals surface area contributed by atoms with Gasteiger partial charge in [0.2, 0.25) is 6.41 Å². The van der Waals surface area contributed by atoms with Gasteiger partial charge in [-0.3, -0.25) is 9.59 Å². The maximum atomic E-state index is 11.7. The lowest BCUT2D eigenvalue weighted by atomic mass is 10.2. The summed E-state index contributed by atoms with van der Waals surface area (Å²) in [6.45, 7) is 5.22. The van der Waals surface area contributed by atoms with Gasteiger partial charge in [-0.1, -0.05) is 13.8 Å². The molecular weight excluding hydrogens is 238 g/mol. The Labute approximate surface area is 105 Å². The van der Waals surface area contributed by atoms with E-state index in [1.54, 1.807) is 0 Å². The van der Waals surface area contributed by atoms with Gasteiger partial charge in [0, 0.05) is 5.92 Å². The van der Waals surface area contributed by atoms with Gasteiger partial charge in [0.15, 0.2) is 11.7 Å². The summed E-state index contributed by atoms with van der Waals surface area (Å²) in [4.78, 5) is 26.1. The Balaban J connectivity index is 2.69. The number of carbonyl (C=O) groups excluding carboxylic acids is 2. The molecule has 0 aromatic carbocycles. The van der Waals surface area contributed by atoms with Crippen molar-refractivity contribution in [1.29, 1.82) is 0 Å². The second-order valence-corrected chi connectivity index (χ2v) is 4.22. The van der Waals surface area contributed by atoms with E-state index in [4.69, 9.17) is 4.42 Å². The quantitative estimate of drug-likeness (QED) is 0.631. The molecule has 7 heteroatoms. The summed E-state index contributed by atoms with van der Waals surface area (Å²) in [7, 11) is 0. The summed E-state index contributed by atoms with van der Waals surface area (Å²) in [6.07, 6.45) is 0.665. The van der Waals surface area contributed by atoms with Crippen LogP contribution in [0, 0.1) is 0 Å². The number of oxazole rings is 1. The third-order valence-corrected chi connectivity index (χ3v) is 2.28. The third kappa shape index (κ3) is 3.56. The molecule has 0 aliphatic carbocycles. The van der Waals surface area contributed by atoms with Crippen LogP contribution in [0.3, 0.4) is 0 Å². The highest BCUT2D eigenvalue weighted by Gasteiger charge is 2.23. The van der Waals surface area contributed by atoms with Crippen LogP contribution in [0.4, 0.5) is 5.82 Å². The molecule has 18 heavy (non-hydrogen) atoms. The van der Waals surface area contributed by atoms with E-state index in [1.165, 1.54) is 13.2 Å². The molecule has 0 fully saturated rings. The molecule has 2 amide bonds. The van der Waals surface area contributed by atoms with Gasteiger partial charge in [-0.15, -0.1) is 0 Å². The predicted molar refractivity (Wildman–Crippen MR) is 63.9 cm³/mol. The minimum atomic E-state index is -1.03. The minimum Gasteiger partial charge on any atom is -0.446 e. The largest absolute Gasteiger partial charge is 0.446 e. The van der Waals surface area contributed by atoms with Crippen LogP contribution in [0.15, 0.2) is 10.7 Å². The van der Waals surface area contributed by atoms with Crippen LogP contribution in [0.1, 0.15) is 32.6 Å². The molecule has 0 bridgehead atoms. The summed E-state index contributed by atoms with van der Waals surface area (Å²) in [5.74, 6) is 0.307. The van der Waals surface area contributed by atoms with E-state index in [-0.39, 0.29) is 11.7 Å². The highest BCUT2D eigenvalue weighted by molar-refractivity contribution is 5.95. The number of anilines is 1. The van der Waals surface area contributed by atoms with Gasteiger partial charge in [0.25, 0.3) is 5.91 Å². The first-order valence-electron chi connectivity index (χ1n) is 5.59. The lowest BCUT2D eigenvalue weighted by Gasteiger charge is -2.17. The average molecular weight is 255 g/mol. The zero-order valence-electron chi connectivity index (χ0n) is 10.5. The zero-order chi connectivity index (χ0) is 13.7. The molecule has 100 valence electrons. The molecule has 1 aromatic rings. The van der Waals surface area contributed by atoms with Crippen LogP contribution >= 0.6 is 0 Å². The molecular formula is C11H17N3O4. The topological polar surface area (TPSA) is 104 Å². The number of aromatic nitrogens is 1. The first-order valence-corrected chi connectivity index (χ1v) is 5.59. The average Bonchev–Trinajstić information content (AvgIpc) is 2.73. The van der Waals surface area contributed by atoms with Crippen molar-refractivity contribution in [2.45, 2.75) is 38.8 Å². The van der Waals surface area contributed by atoms with Gasteiger partial charge >= 0.3 is 0 Å². The van der Waals surface area contributed by atoms with Gasteiger partial charge < -0.3 is 20.2 Å². The number of aliphatic hydroxyl groups is 1. The number of carbonyl (C=O) groups is 2. The molecule has 2 unspecified atom stereocenters. The Kier molecular flexibility index (Phi) is 4.85. The lowest BCUT2D eigenvalue weighted by Crippen LogP contribution is -2.47. The molecule has 2 atom stereocenters. The van der Waals surface area contributed by atoms with Crippen molar-refractivity contribution in [2.75, 3.05) is 5.32 Å². The summed E-state index contributed by atoms with van der Waals surface area (Å²) in [5, 5.41) is 14.0. The highest BCUT2D eigenvalue weighted by Crippen LogP contribution is 2.16. The fourth-order valence-electron chi connectivity index (χ4n) is 1.32. The normalized spacial score (nSPS) is 14.1. The van der Waals surface area contributed by atoms with Crippen LogP contribution < -0.4 is 10.6 Å². The van der Waals surface area contributed by atoms with Crippen molar-refractivity contribution in [3.63, 3.8) is 0 Å². The Morgan fingerprint density at radius 1 is 1.50 bits per heavy atom. The number of rotatable bonds is 6. The molecule has 0 saturated heterocycles. The molecule has 3 N–H and O–H groups in total. The molecule has 0 spiro atoms. The van der Waals surface area contributed by atoms with Crippen molar-refractivity contribution in [1.82, 2.24) is 10.3 Å². The number of nitrogens with one attached hydrogen (secondary N) is 2. The third-order valence-electron chi connectivity index (χ3n) is 2.28. The first kappa shape index (κ1) is 14.2. The second kappa shape index (κ2) is 6.15. The van der Waals surface area contributed by atoms with Gasteiger partial charge in [-0.25, -0.2) is 0 Å². The van der Waals surface area contributed by atoms with Crippen LogP contribution in [0.2, 0.25) is 0 Å². The van der Waals surface area contributed by atoms with E-state index in [2.05, 4.69) is 15.6 Å². The van der Waals surface area contributed by atoms with Gasteiger partial charge in [0.1, 0.15) is 12.3 Å². The fourth-order valence-corrected chi connectivity index (χ4v) is 1.32. The van der Waals surface area contributed by atoms with E-state index in [1.807, 2.05) is 13.8 Å². The molecule has 1 heterocycles. The summed E-state index contributed by atoms with van der Waals surface area (Å²) in [5.41, 5.74) is 0. The van der Waals surface area contributed by atoms with Crippen LogP contribution in [-0.2, 0) is 9.59 Å². The van der Waals surface area contributed by atoms with Crippen molar-refractivity contribution in [3.05, 3.63) is 12.2 Å². The monoisotopic (exact) mass is 255 g/mol. The minimum absolute atomic E-state index is 0.108. The zero-order valence-corrected chi connectivity index (χ0v) is 10.5. The molecule has 0 radical (unpaired) electrons. The van der Waals surface area contributed by atoms with Gasteiger partial charge in [0.05, 0.1) is 6.10 Å². The summed E-state index contributed by atoms with van der Waals surface area (Å²) < 4.78 is 5.15. The maximum absolute atomic E-state index is 11.7. The Hall–Kier alpha value is -1.89. The fraction of sp³-hybridized carbons (Fsp3) is 0.545. The molecule has 7 nitrogen and oxygen atoms in total. The predicted octanol–water partition coefficient (Wildman–Crippen LogP) is 0.232. The lowest BCUT2D eigenvalue weighted by molar-refractivity contribution is -0.123. The number of hydrogen-bond acceptors (Lipinski definition) is 5. The summed E-state index contributed by atoms with van der Waals surface area (Å²) >= 11 is 0. The summed E-state index contributed by atoms with van der Waals surface area (Å²) in [6, 6.07) is -1.03. The van der Waals surface area contributed by atoms with Crippen molar-refractivity contribution >= 4 is 18.1 Å². The second-order valence-electron chi connectivity index (χ2n) is 4.22. The standard InChI is InChI=1S/C11H17N3O4/c1-6(2)11-14-8(4-18-11)13-10(17)9(7(3)16)12-5-15/h4-7,9,16H,1-3H3,(H,12,15)(H,13,17). The van der Waals surface area contributed by atoms with Crippen molar-refractivity contribution in [3.8, 4) is 0 Å². The van der Waals surface area contributed by atoms with Crippen LogP contribution in [-0.4, -0.2) is 34.6 Å². The van der Waals surface area contributed by atoms with E-state index < -0.39 is 18.1 Å². The first-order chi connectivity index (χ1) is 8.45. The Morgan fingerprint density at radius 3 is 2.61 bits per heavy atom. The number of nitrogens with zero attached hydrogens (tertiary/aromatic N) is 1. The highest BCUT2D eigenvalue weighted by atomic mass is 16.3. The molecule has 0 aliphatic rings. The van der Waals surface area contributed by atoms with Gasteiger partial charge in [-0.05, 0) is 6.92 Å². The van der Waals surface area contributed by atoms with Crippen molar-refractivity contribution in [2.24, 2.45) is 0 Å². The molecule has 1 aromatic heterocycles. The SMILES string of the molecule is CC(C)c1nc(NC(=O)C(NC=O)C(C)O)co1. The number of hydrogen-bond donors (Lipinski definition) is 3. The van der Waals surface area contributed by atoms with Crippen molar-refractivity contribution < 1.29 is 19.1 Å². The van der Waals surface area contributed by atoms with E-state index in [9.17, 15) is 14.7 Å². The van der Waals surface area contributed by atoms with Crippen LogP contribution in [0.25, 0.3) is 0 Å². The Morgan fingerprint density at radius 2 is 2.17 bits per heavy atom. The number of aliphatic hydroxyl groups excluding tert-OH is 1. The van der Waals surface area contributed by atoms with Gasteiger partial charge in [-0.2, -0.15) is 4.98 Å². The molecule has 1 rings (SSSR count). The Bertz CT molecular complexity index is 414. The molecule has 0 aliphatic heterocycles. The molecule has 0 saturated carbocycles.